The van der Waals surface area contributed by atoms with Gasteiger partial charge in [0.15, 0.2) is 0 Å². The van der Waals surface area contributed by atoms with E-state index in [0.717, 1.165) is 12.0 Å². The van der Waals surface area contributed by atoms with Crippen LogP contribution in [0.3, 0.4) is 0 Å². The van der Waals surface area contributed by atoms with Gasteiger partial charge in [-0.2, -0.15) is 0 Å². The highest BCUT2D eigenvalue weighted by Gasteiger charge is 2.45. The molecule has 0 atom stereocenters. The monoisotopic (exact) mass is 374 g/mol. The maximum atomic E-state index is 12.3. The van der Waals surface area contributed by atoms with Crippen LogP contribution in [-0.4, -0.2) is 21.6 Å². The number of rotatable bonds is 6. The van der Waals surface area contributed by atoms with Gasteiger partial charge in [-0.05, 0) is 30.5 Å². The Morgan fingerprint density at radius 1 is 1.19 bits per heavy atom. The fourth-order valence-corrected chi connectivity index (χ4v) is 3.32. The number of carboxylic acids is 1. The first-order chi connectivity index (χ1) is 12.4. The maximum Gasteiger partial charge on any atom is 0.310 e. The van der Waals surface area contributed by atoms with Gasteiger partial charge in [-0.25, -0.2) is 0 Å². The number of carbonyl (C=O) groups is 2. The minimum absolute atomic E-state index is 0.0635. The number of pyridine rings is 1. The van der Waals surface area contributed by atoms with Gasteiger partial charge in [0.2, 0.25) is 5.91 Å². The number of amides is 1. The predicted molar refractivity (Wildman–Crippen MR) is 98.4 cm³/mol. The van der Waals surface area contributed by atoms with Crippen molar-refractivity contribution in [2.45, 2.75) is 32.2 Å². The Hall–Kier alpha value is -2.60. The third kappa shape index (κ3) is 3.80. The molecule has 0 saturated heterocycles. The Bertz CT molecular complexity index is 902. The topological polar surface area (TPSA) is 88.4 Å². The molecule has 1 amide bonds. The van der Waals surface area contributed by atoms with Gasteiger partial charge < -0.3 is 15.0 Å². The molecule has 2 N–H and O–H groups in total. The molecule has 0 bridgehead atoms. The quantitative estimate of drug-likeness (QED) is 0.813. The van der Waals surface area contributed by atoms with Gasteiger partial charge in [-0.1, -0.05) is 36.2 Å². The number of hydrogen-bond acceptors (Lipinski definition) is 3. The van der Waals surface area contributed by atoms with Crippen molar-refractivity contribution < 1.29 is 14.7 Å². The van der Waals surface area contributed by atoms with Crippen LogP contribution < -0.4 is 10.9 Å². The average Bonchev–Trinajstić information content (AvgIpc) is 2.56. The van der Waals surface area contributed by atoms with E-state index in [9.17, 15) is 19.5 Å². The lowest BCUT2D eigenvalue weighted by atomic mass is 9.66. The highest BCUT2D eigenvalue weighted by molar-refractivity contribution is 6.31. The fourth-order valence-electron chi connectivity index (χ4n) is 3.12. The minimum atomic E-state index is -0.948. The van der Waals surface area contributed by atoms with Gasteiger partial charge in [0.05, 0.1) is 17.6 Å². The first-order valence-electron chi connectivity index (χ1n) is 8.37. The normalized spacial score (nSPS) is 15.1. The van der Waals surface area contributed by atoms with Gasteiger partial charge in [-0.15, -0.1) is 0 Å². The number of hydrogen-bond donors (Lipinski definition) is 2. The van der Waals surface area contributed by atoms with Gasteiger partial charge >= 0.3 is 5.97 Å². The van der Waals surface area contributed by atoms with E-state index in [2.05, 4.69) is 5.32 Å². The van der Waals surface area contributed by atoms with Crippen molar-refractivity contribution in [3.05, 3.63) is 63.5 Å². The summed E-state index contributed by atoms with van der Waals surface area (Å²) >= 11 is 6.13. The van der Waals surface area contributed by atoms with E-state index < -0.39 is 11.4 Å². The van der Waals surface area contributed by atoms with E-state index in [1.807, 2.05) is 18.2 Å². The number of aromatic nitrogens is 1. The molecule has 1 saturated carbocycles. The fraction of sp³-hybridized carbons (Fsp3) is 0.316. The van der Waals surface area contributed by atoms with Crippen LogP contribution in [0.4, 0.5) is 5.69 Å². The standard InChI is InChI=1S/C19H19ClN2O4/c20-15-5-2-1-4-13(15)11-22-12-14(6-7-17(22)24)21-16(23)10-19(18(25)26)8-3-9-19/h1-2,4-7,12H,3,8-11H2,(H,21,23)(H,25,26). The number of halogens is 1. The Kier molecular flexibility index (Phi) is 5.13. The van der Waals surface area contributed by atoms with Crippen LogP contribution in [0.1, 0.15) is 31.2 Å². The lowest BCUT2D eigenvalue weighted by Gasteiger charge is -2.36. The molecule has 26 heavy (non-hydrogen) atoms. The summed E-state index contributed by atoms with van der Waals surface area (Å²) in [5.41, 5.74) is 0.0697. The second-order valence-corrected chi connectivity index (χ2v) is 7.05. The molecule has 1 aliphatic carbocycles. The van der Waals surface area contributed by atoms with Crippen LogP contribution in [0.2, 0.25) is 5.02 Å². The Labute approximate surface area is 155 Å². The summed E-state index contributed by atoms with van der Waals surface area (Å²) in [7, 11) is 0. The molecule has 1 aromatic carbocycles. The largest absolute Gasteiger partial charge is 0.481 e. The smallest absolute Gasteiger partial charge is 0.310 e. The number of anilines is 1. The Balaban J connectivity index is 1.73. The molecule has 1 fully saturated rings. The van der Waals surface area contributed by atoms with Crippen molar-refractivity contribution in [2.24, 2.45) is 5.41 Å². The van der Waals surface area contributed by atoms with E-state index >= 15 is 0 Å². The number of benzene rings is 1. The van der Waals surface area contributed by atoms with E-state index in [0.29, 0.717) is 23.6 Å². The molecule has 0 spiro atoms. The maximum absolute atomic E-state index is 12.3. The number of nitrogens with zero attached hydrogens (tertiary/aromatic N) is 1. The molecule has 6 nitrogen and oxygen atoms in total. The van der Waals surface area contributed by atoms with Gasteiger partial charge in [0.1, 0.15) is 0 Å². The van der Waals surface area contributed by atoms with Crippen molar-refractivity contribution in [2.75, 3.05) is 5.32 Å². The van der Waals surface area contributed by atoms with Gasteiger partial charge in [0.25, 0.3) is 5.56 Å². The SMILES string of the molecule is O=C(CC1(C(=O)O)CCC1)Nc1ccc(=O)n(Cc2ccccc2Cl)c1. The highest BCUT2D eigenvalue weighted by atomic mass is 35.5. The zero-order valence-corrected chi connectivity index (χ0v) is 14.8. The molecule has 1 heterocycles. The zero-order chi connectivity index (χ0) is 18.7. The first-order valence-corrected chi connectivity index (χ1v) is 8.75. The summed E-state index contributed by atoms with van der Waals surface area (Å²) in [6, 6.07) is 10.1. The average molecular weight is 375 g/mol. The molecule has 0 radical (unpaired) electrons. The zero-order valence-electron chi connectivity index (χ0n) is 14.1. The molecule has 1 aromatic heterocycles. The van der Waals surface area contributed by atoms with Crippen LogP contribution >= 0.6 is 11.6 Å². The molecule has 0 unspecified atom stereocenters. The van der Waals surface area contributed by atoms with Crippen LogP contribution in [0, 0.1) is 5.41 Å². The summed E-state index contributed by atoms with van der Waals surface area (Å²) in [6.45, 7) is 0.279. The van der Waals surface area contributed by atoms with Crippen molar-refractivity contribution in [1.82, 2.24) is 4.57 Å². The molecule has 7 heteroatoms. The molecular formula is C19H19ClN2O4. The third-order valence-corrected chi connectivity index (χ3v) is 5.20. The molecule has 1 aliphatic rings. The van der Waals surface area contributed by atoms with Crippen LogP contribution in [0.15, 0.2) is 47.4 Å². The highest BCUT2D eigenvalue weighted by Crippen LogP contribution is 2.44. The van der Waals surface area contributed by atoms with Crippen LogP contribution in [0.25, 0.3) is 0 Å². The lowest BCUT2D eigenvalue weighted by molar-refractivity contribution is -0.157. The molecule has 3 rings (SSSR count). The number of nitrogens with one attached hydrogen (secondary N) is 1. The van der Waals surface area contributed by atoms with Gasteiger partial charge in [0, 0.05) is 23.7 Å². The van der Waals surface area contributed by atoms with E-state index in [1.165, 1.54) is 22.9 Å². The lowest BCUT2D eigenvalue weighted by Crippen LogP contribution is -2.41. The third-order valence-electron chi connectivity index (χ3n) is 4.83. The van der Waals surface area contributed by atoms with Crippen LogP contribution in [0.5, 0.6) is 0 Å². The predicted octanol–water partition coefficient (Wildman–Crippen LogP) is 3.13. The summed E-state index contributed by atoms with van der Waals surface area (Å²) in [6.07, 6.45) is 3.33. The first kappa shape index (κ1) is 18.2. The summed E-state index contributed by atoms with van der Waals surface area (Å²) in [5.74, 6) is -1.29. The van der Waals surface area contributed by atoms with E-state index in [1.54, 1.807) is 6.07 Å². The van der Waals surface area contributed by atoms with Gasteiger partial charge in [-0.3, -0.25) is 14.4 Å². The van der Waals surface area contributed by atoms with E-state index in [4.69, 9.17) is 11.6 Å². The van der Waals surface area contributed by atoms with Crippen molar-refractivity contribution in [3.63, 3.8) is 0 Å². The Morgan fingerprint density at radius 2 is 1.92 bits per heavy atom. The van der Waals surface area contributed by atoms with Crippen molar-refractivity contribution >= 4 is 29.2 Å². The summed E-state index contributed by atoms with van der Waals surface area (Å²) < 4.78 is 1.45. The number of carbonyl (C=O) groups excluding carboxylic acids is 1. The minimum Gasteiger partial charge on any atom is -0.481 e. The number of aliphatic carboxylic acids is 1. The molecular weight excluding hydrogens is 356 g/mol. The van der Waals surface area contributed by atoms with Crippen molar-refractivity contribution in [3.8, 4) is 0 Å². The van der Waals surface area contributed by atoms with Crippen LogP contribution in [-0.2, 0) is 16.1 Å². The second kappa shape index (κ2) is 7.33. The van der Waals surface area contributed by atoms with Crippen molar-refractivity contribution in [1.29, 1.82) is 0 Å². The number of carboxylic acid groups (broad SMARTS) is 1. The second-order valence-electron chi connectivity index (χ2n) is 6.64. The summed E-state index contributed by atoms with van der Waals surface area (Å²) in [5, 5.41) is 12.6. The molecule has 0 aliphatic heterocycles. The molecule has 2 aromatic rings. The molecule has 136 valence electrons. The van der Waals surface area contributed by atoms with E-state index in [-0.39, 0.29) is 24.4 Å². The summed E-state index contributed by atoms with van der Waals surface area (Å²) in [4.78, 5) is 35.7. The Morgan fingerprint density at radius 3 is 2.54 bits per heavy atom.